The summed E-state index contributed by atoms with van der Waals surface area (Å²) in [6, 6.07) is 8.26. The first-order chi connectivity index (χ1) is 15.1. The zero-order valence-electron chi connectivity index (χ0n) is 17.9. The molecule has 2 aliphatic rings. The number of rotatable bonds is 2. The van der Waals surface area contributed by atoms with Gasteiger partial charge in [0.15, 0.2) is 5.82 Å². The number of nitrogens with two attached hydrogens (primary N) is 1. The minimum atomic E-state index is 0.0650. The third-order valence-corrected chi connectivity index (χ3v) is 7.26. The normalized spacial score (nSPS) is 20.0. The van der Waals surface area contributed by atoms with Crippen molar-refractivity contribution in [2.75, 3.05) is 18.0 Å². The maximum absolute atomic E-state index is 6.73. The molecule has 8 heteroatoms. The summed E-state index contributed by atoms with van der Waals surface area (Å²) in [7, 11) is 1.94. The van der Waals surface area contributed by atoms with Gasteiger partial charge in [-0.25, -0.2) is 9.50 Å². The van der Waals surface area contributed by atoms with Crippen LogP contribution in [0.15, 0.2) is 42.9 Å². The molecule has 158 valence electrons. The standard InChI is InChI=1S/C23H26N8/c1-15-20(18-5-10-26-29(18)2)31-19(6-11-27-31)22(28-15)30-12-7-23(8-13-30)14-17-16(21(23)24)4-3-9-25-17/h3-6,9-11,21H,7-8,12-14,24H2,1-2H3/t21-/m1/s1. The molecule has 0 unspecified atom stereocenters. The Balaban J connectivity index is 1.33. The molecule has 1 atom stereocenters. The molecule has 1 aliphatic carbocycles. The molecule has 6 rings (SSSR count). The SMILES string of the molecule is Cc1nc(N2CCC3(CC2)Cc2ncccc2[C@H]3N)c2ccnn2c1-c1ccnn1C. The van der Waals surface area contributed by atoms with E-state index in [9.17, 15) is 0 Å². The van der Waals surface area contributed by atoms with Crippen LogP contribution in [0.3, 0.4) is 0 Å². The number of aryl methyl sites for hydroxylation is 2. The van der Waals surface area contributed by atoms with Gasteiger partial charge in [-0.2, -0.15) is 10.2 Å². The van der Waals surface area contributed by atoms with Gasteiger partial charge in [0.2, 0.25) is 0 Å². The second kappa shape index (κ2) is 6.62. The highest BCUT2D eigenvalue weighted by molar-refractivity contribution is 5.74. The molecule has 0 bridgehead atoms. The van der Waals surface area contributed by atoms with E-state index in [2.05, 4.69) is 26.1 Å². The molecule has 5 heterocycles. The molecule has 0 aromatic carbocycles. The Morgan fingerprint density at radius 1 is 1.06 bits per heavy atom. The molecule has 1 saturated heterocycles. The van der Waals surface area contributed by atoms with E-state index < -0.39 is 0 Å². The van der Waals surface area contributed by atoms with Crippen molar-refractivity contribution < 1.29 is 0 Å². The minimum Gasteiger partial charge on any atom is -0.355 e. The number of nitrogens with zero attached hydrogens (tertiary/aromatic N) is 7. The summed E-state index contributed by atoms with van der Waals surface area (Å²) in [6.45, 7) is 3.91. The average Bonchev–Trinajstić information content (AvgIpc) is 3.48. The Kier molecular flexibility index (Phi) is 3.95. The van der Waals surface area contributed by atoms with Gasteiger partial charge < -0.3 is 10.6 Å². The zero-order chi connectivity index (χ0) is 21.2. The van der Waals surface area contributed by atoms with Crippen LogP contribution in [0.25, 0.3) is 16.9 Å². The lowest BCUT2D eigenvalue weighted by atomic mass is 9.73. The van der Waals surface area contributed by atoms with E-state index in [4.69, 9.17) is 10.7 Å². The first kappa shape index (κ1) is 18.5. The summed E-state index contributed by atoms with van der Waals surface area (Å²) in [5.74, 6) is 0.998. The van der Waals surface area contributed by atoms with Gasteiger partial charge in [-0.1, -0.05) is 6.07 Å². The quantitative estimate of drug-likeness (QED) is 0.542. The molecular weight excluding hydrogens is 388 g/mol. The van der Waals surface area contributed by atoms with Crippen LogP contribution in [0.5, 0.6) is 0 Å². The van der Waals surface area contributed by atoms with Gasteiger partial charge in [0.1, 0.15) is 11.2 Å². The molecule has 31 heavy (non-hydrogen) atoms. The molecule has 0 radical (unpaired) electrons. The molecule has 0 amide bonds. The number of hydrogen-bond donors (Lipinski definition) is 1. The van der Waals surface area contributed by atoms with Crippen LogP contribution in [0.2, 0.25) is 0 Å². The van der Waals surface area contributed by atoms with Crippen molar-refractivity contribution in [3.63, 3.8) is 0 Å². The van der Waals surface area contributed by atoms with Crippen LogP contribution in [0.1, 0.15) is 35.8 Å². The Bertz CT molecular complexity index is 1280. The van der Waals surface area contributed by atoms with Gasteiger partial charge in [-0.3, -0.25) is 9.67 Å². The van der Waals surface area contributed by atoms with Crippen molar-refractivity contribution in [2.45, 2.75) is 32.2 Å². The van der Waals surface area contributed by atoms with Crippen LogP contribution in [-0.4, -0.2) is 42.5 Å². The monoisotopic (exact) mass is 414 g/mol. The number of hydrogen-bond acceptors (Lipinski definition) is 6. The summed E-state index contributed by atoms with van der Waals surface area (Å²) < 4.78 is 3.86. The number of anilines is 1. The third kappa shape index (κ3) is 2.64. The van der Waals surface area contributed by atoms with Gasteiger partial charge in [0.05, 0.1) is 17.6 Å². The van der Waals surface area contributed by atoms with Crippen molar-refractivity contribution in [2.24, 2.45) is 18.2 Å². The minimum absolute atomic E-state index is 0.0650. The molecule has 2 N–H and O–H groups in total. The van der Waals surface area contributed by atoms with Crippen molar-refractivity contribution in [1.82, 2.24) is 29.4 Å². The molecule has 1 fully saturated rings. The predicted molar refractivity (Wildman–Crippen MR) is 119 cm³/mol. The van der Waals surface area contributed by atoms with Gasteiger partial charge in [-0.15, -0.1) is 0 Å². The van der Waals surface area contributed by atoms with Gasteiger partial charge in [-0.05, 0) is 55.4 Å². The van der Waals surface area contributed by atoms with E-state index in [1.807, 2.05) is 53.8 Å². The summed E-state index contributed by atoms with van der Waals surface area (Å²) >= 11 is 0. The van der Waals surface area contributed by atoms with E-state index in [0.29, 0.717) is 0 Å². The molecule has 4 aromatic heterocycles. The van der Waals surface area contributed by atoms with Crippen LogP contribution >= 0.6 is 0 Å². The predicted octanol–water partition coefficient (Wildman–Crippen LogP) is 2.68. The second-order valence-corrected chi connectivity index (χ2v) is 8.88. The summed E-state index contributed by atoms with van der Waals surface area (Å²) in [6.07, 6.45) is 8.59. The maximum Gasteiger partial charge on any atom is 0.155 e. The fourth-order valence-corrected chi connectivity index (χ4v) is 5.51. The number of fused-ring (bicyclic) bond motifs is 2. The van der Waals surface area contributed by atoms with Crippen molar-refractivity contribution in [3.8, 4) is 11.4 Å². The maximum atomic E-state index is 6.73. The Hall–Kier alpha value is -3.26. The highest BCUT2D eigenvalue weighted by Crippen LogP contribution is 2.50. The van der Waals surface area contributed by atoms with Gasteiger partial charge in [0, 0.05) is 44.3 Å². The largest absolute Gasteiger partial charge is 0.355 e. The fraction of sp³-hybridized carbons (Fsp3) is 0.391. The zero-order valence-corrected chi connectivity index (χ0v) is 17.9. The van der Waals surface area contributed by atoms with Crippen LogP contribution in [0.4, 0.5) is 5.82 Å². The van der Waals surface area contributed by atoms with Crippen LogP contribution in [-0.2, 0) is 13.5 Å². The highest BCUT2D eigenvalue weighted by Gasteiger charge is 2.46. The topological polar surface area (TPSA) is 90.2 Å². The molecular formula is C23H26N8. The number of aromatic nitrogens is 6. The van der Waals surface area contributed by atoms with Crippen LogP contribution in [0, 0.1) is 12.3 Å². The van der Waals surface area contributed by atoms with E-state index in [1.165, 1.54) is 11.3 Å². The molecule has 1 aliphatic heterocycles. The number of pyridine rings is 1. The van der Waals surface area contributed by atoms with Crippen molar-refractivity contribution in [1.29, 1.82) is 0 Å². The molecule has 1 spiro atoms. The van der Waals surface area contributed by atoms with Gasteiger partial charge in [0.25, 0.3) is 0 Å². The summed E-state index contributed by atoms with van der Waals surface area (Å²) in [5, 5.41) is 8.95. The van der Waals surface area contributed by atoms with Crippen molar-refractivity contribution in [3.05, 3.63) is 59.8 Å². The smallest absolute Gasteiger partial charge is 0.155 e. The second-order valence-electron chi connectivity index (χ2n) is 8.88. The highest BCUT2D eigenvalue weighted by atomic mass is 15.3. The average molecular weight is 415 g/mol. The van der Waals surface area contributed by atoms with E-state index >= 15 is 0 Å². The molecule has 0 saturated carbocycles. The van der Waals surface area contributed by atoms with Gasteiger partial charge >= 0.3 is 0 Å². The van der Waals surface area contributed by atoms with Crippen molar-refractivity contribution >= 4 is 11.3 Å². The van der Waals surface area contributed by atoms with E-state index in [0.717, 1.165) is 60.8 Å². The summed E-state index contributed by atoms with van der Waals surface area (Å²) in [4.78, 5) is 12.0. The Labute approximate surface area is 180 Å². The number of piperidine rings is 1. The van der Waals surface area contributed by atoms with E-state index in [-0.39, 0.29) is 11.5 Å². The fourth-order valence-electron chi connectivity index (χ4n) is 5.51. The first-order valence-electron chi connectivity index (χ1n) is 10.8. The van der Waals surface area contributed by atoms with Crippen LogP contribution < -0.4 is 10.6 Å². The Morgan fingerprint density at radius 2 is 1.87 bits per heavy atom. The first-order valence-corrected chi connectivity index (χ1v) is 10.8. The summed E-state index contributed by atoms with van der Waals surface area (Å²) in [5.41, 5.74) is 13.2. The lowest BCUT2D eigenvalue weighted by molar-refractivity contribution is 0.187. The lowest BCUT2D eigenvalue weighted by Crippen LogP contribution is -2.44. The van der Waals surface area contributed by atoms with E-state index in [1.54, 1.807) is 6.20 Å². The molecule has 4 aromatic rings. The molecule has 8 nitrogen and oxygen atoms in total. The Morgan fingerprint density at radius 3 is 2.61 bits per heavy atom. The lowest BCUT2D eigenvalue weighted by Gasteiger charge is -2.42. The third-order valence-electron chi connectivity index (χ3n) is 7.26.